The highest BCUT2D eigenvalue weighted by Gasteiger charge is 2.22. The van der Waals surface area contributed by atoms with Crippen LogP contribution in [-0.4, -0.2) is 39.9 Å². The number of halogens is 2. The lowest BCUT2D eigenvalue weighted by Gasteiger charge is -2.22. The first kappa shape index (κ1) is 19.2. The molecule has 0 aliphatic rings. The van der Waals surface area contributed by atoms with Crippen LogP contribution in [0.5, 0.6) is 0 Å². The molecule has 0 saturated heterocycles. The number of imidazole rings is 1. The molecule has 0 aliphatic heterocycles. The van der Waals surface area contributed by atoms with Crippen LogP contribution in [-0.2, 0) is 9.59 Å². The van der Waals surface area contributed by atoms with Crippen LogP contribution in [0, 0.1) is 0 Å². The number of nitrogens with zero attached hydrogens (tertiary/aromatic N) is 3. The van der Waals surface area contributed by atoms with Gasteiger partial charge in [-0.05, 0) is 37.3 Å². The molecule has 1 unspecified atom stereocenters. The van der Waals surface area contributed by atoms with Crippen LogP contribution < -0.4 is 5.32 Å². The molecule has 6 nitrogen and oxygen atoms in total. The van der Waals surface area contributed by atoms with Crippen LogP contribution in [0.1, 0.15) is 13.0 Å². The van der Waals surface area contributed by atoms with Crippen LogP contribution in [0.3, 0.4) is 0 Å². The SMILES string of the molecule is CC(C(=O)N(C)CC(=O)Nc1ccc(Cl)c(Cl)c1)n1cnc2ccccc21. The highest BCUT2D eigenvalue weighted by Crippen LogP contribution is 2.25. The summed E-state index contributed by atoms with van der Waals surface area (Å²) in [5.74, 6) is -0.519. The molecule has 2 amide bonds. The Balaban J connectivity index is 1.66. The monoisotopic (exact) mass is 404 g/mol. The van der Waals surface area contributed by atoms with Crippen molar-refractivity contribution in [3.05, 3.63) is 58.8 Å². The Labute approximate surface area is 166 Å². The maximum absolute atomic E-state index is 12.7. The van der Waals surface area contributed by atoms with Crippen LogP contribution >= 0.6 is 23.2 Å². The number of para-hydroxylation sites is 2. The minimum absolute atomic E-state index is 0.0873. The molecule has 1 N–H and O–H groups in total. The summed E-state index contributed by atoms with van der Waals surface area (Å²) in [4.78, 5) is 30.7. The van der Waals surface area contributed by atoms with Gasteiger partial charge in [0.1, 0.15) is 6.04 Å². The third-order valence-corrected chi connectivity index (χ3v) is 4.96. The first-order chi connectivity index (χ1) is 12.9. The highest BCUT2D eigenvalue weighted by molar-refractivity contribution is 6.42. The number of benzene rings is 2. The van der Waals surface area contributed by atoms with Gasteiger partial charge in [-0.1, -0.05) is 35.3 Å². The van der Waals surface area contributed by atoms with Crippen molar-refractivity contribution in [1.29, 1.82) is 0 Å². The molecular weight excluding hydrogens is 387 g/mol. The molecule has 2 aromatic carbocycles. The van der Waals surface area contributed by atoms with Crippen molar-refractivity contribution >= 4 is 51.7 Å². The van der Waals surface area contributed by atoms with Crippen LogP contribution in [0.25, 0.3) is 11.0 Å². The average molecular weight is 405 g/mol. The van der Waals surface area contributed by atoms with Gasteiger partial charge in [-0.25, -0.2) is 4.98 Å². The molecule has 0 saturated carbocycles. The van der Waals surface area contributed by atoms with Crippen LogP contribution in [0.2, 0.25) is 10.0 Å². The molecule has 3 aromatic rings. The Hall–Kier alpha value is -2.57. The third kappa shape index (κ3) is 4.23. The van der Waals surface area contributed by atoms with E-state index in [0.717, 1.165) is 11.0 Å². The lowest BCUT2D eigenvalue weighted by molar-refractivity contribution is -0.135. The molecule has 0 bridgehead atoms. The summed E-state index contributed by atoms with van der Waals surface area (Å²) in [6, 6.07) is 11.9. The Bertz CT molecular complexity index is 1000. The molecule has 0 aliphatic carbocycles. The lowest BCUT2D eigenvalue weighted by atomic mass is 10.2. The number of aromatic nitrogens is 2. The summed E-state index contributed by atoms with van der Waals surface area (Å²) in [6.45, 7) is 1.69. The van der Waals surface area contributed by atoms with E-state index in [1.807, 2.05) is 24.3 Å². The predicted octanol–water partition coefficient (Wildman–Crippen LogP) is 4.00. The average Bonchev–Trinajstić information content (AvgIpc) is 3.07. The van der Waals surface area contributed by atoms with Gasteiger partial charge in [-0.15, -0.1) is 0 Å². The van der Waals surface area contributed by atoms with E-state index in [-0.39, 0.29) is 18.4 Å². The van der Waals surface area contributed by atoms with Crippen molar-refractivity contribution in [2.45, 2.75) is 13.0 Å². The van der Waals surface area contributed by atoms with E-state index in [0.29, 0.717) is 15.7 Å². The number of amides is 2. The molecule has 27 heavy (non-hydrogen) atoms. The summed E-state index contributed by atoms with van der Waals surface area (Å²) in [5.41, 5.74) is 2.20. The van der Waals surface area contributed by atoms with Crippen molar-refractivity contribution in [1.82, 2.24) is 14.5 Å². The fourth-order valence-corrected chi connectivity index (χ4v) is 3.09. The smallest absolute Gasteiger partial charge is 0.245 e. The zero-order chi connectivity index (χ0) is 19.6. The van der Waals surface area contributed by atoms with E-state index in [1.165, 1.54) is 4.90 Å². The lowest BCUT2D eigenvalue weighted by Crippen LogP contribution is -2.38. The number of hydrogen-bond donors (Lipinski definition) is 1. The van der Waals surface area contributed by atoms with Gasteiger partial charge in [0.2, 0.25) is 11.8 Å². The number of likely N-dealkylation sites (N-methyl/N-ethyl adjacent to an activating group) is 1. The molecule has 1 heterocycles. The quantitative estimate of drug-likeness (QED) is 0.698. The van der Waals surface area contributed by atoms with Gasteiger partial charge in [0.15, 0.2) is 0 Å². The minimum atomic E-state index is -0.486. The number of hydrogen-bond acceptors (Lipinski definition) is 3. The first-order valence-corrected chi connectivity index (χ1v) is 9.04. The van der Waals surface area contributed by atoms with Crippen molar-refractivity contribution in [2.75, 3.05) is 18.9 Å². The molecule has 0 spiro atoms. The van der Waals surface area contributed by atoms with Gasteiger partial charge >= 0.3 is 0 Å². The van der Waals surface area contributed by atoms with Gasteiger partial charge in [0, 0.05) is 12.7 Å². The Morgan fingerprint density at radius 3 is 2.67 bits per heavy atom. The highest BCUT2D eigenvalue weighted by atomic mass is 35.5. The van der Waals surface area contributed by atoms with E-state index >= 15 is 0 Å². The first-order valence-electron chi connectivity index (χ1n) is 8.28. The molecule has 140 valence electrons. The fraction of sp³-hybridized carbons (Fsp3) is 0.211. The van der Waals surface area contributed by atoms with E-state index < -0.39 is 6.04 Å². The number of carbonyl (C=O) groups excluding carboxylic acids is 2. The van der Waals surface area contributed by atoms with Gasteiger partial charge < -0.3 is 14.8 Å². The minimum Gasteiger partial charge on any atom is -0.335 e. The molecule has 8 heteroatoms. The summed E-state index contributed by atoms with van der Waals surface area (Å²) in [6.07, 6.45) is 1.64. The van der Waals surface area contributed by atoms with Gasteiger partial charge in [0.05, 0.1) is 34.0 Å². The fourth-order valence-electron chi connectivity index (χ4n) is 2.79. The zero-order valence-electron chi connectivity index (χ0n) is 14.8. The molecule has 3 rings (SSSR count). The topological polar surface area (TPSA) is 67.2 Å². The third-order valence-electron chi connectivity index (χ3n) is 4.22. The van der Waals surface area contributed by atoms with E-state index in [4.69, 9.17) is 23.2 Å². The molecule has 0 radical (unpaired) electrons. The number of nitrogens with one attached hydrogen (secondary N) is 1. The number of fused-ring (bicyclic) bond motifs is 1. The number of anilines is 1. The zero-order valence-corrected chi connectivity index (χ0v) is 16.3. The van der Waals surface area contributed by atoms with Crippen LogP contribution in [0.15, 0.2) is 48.8 Å². The van der Waals surface area contributed by atoms with E-state index in [2.05, 4.69) is 10.3 Å². The van der Waals surface area contributed by atoms with Gasteiger partial charge in [0.25, 0.3) is 0 Å². The molecule has 1 aromatic heterocycles. The molecular formula is C19H18Cl2N4O2. The summed E-state index contributed by atoms with van der Waals surface area (Å²) >= 11 is 11.8. The maximum atomic E-state index is 12.7. The second kappa shape index (κ2) is 7.98. The summed E-state index contributed by atoms with van der Waals surface area (Å²) in [5, 5.41) is 3.46. The Morgan fingerprint density at radius 2 is 1.93 bits per heavy atom. The molecule has 1 atom stereocenters. The van der Waals surface area contributed by atoms with Crippen molar-refractivity contribution in [2.24, 2.45) is 0 Å². The van der Waals surface area contributed by atoms with Crippen molar-refractivity contribution in [3.63, 3.8) is 0 Å². The largest absolute Gasteiger partial charge is 0.335 e. The van der Waals surface area contributed by atoms with Crippen LogP contribution in [0.4, 0.5) is 5.69 Å². The standard InChI is InChI=1S/C19H18Cl2N4O2/c1-12(25-11-22-16-5-3-4-6-17(16)25)19(27)24(2)10-18(26)23-13-7-8-14(20)15(21)9-13/h3-9,11-12H,10H2,1-2H3,(H,23,26). The molecule has 0 fully saturated rings. The second-order valence-corrected chi connectivity index (χ2v) is 7.00. The maximum Gasteiger partial charge on any atom is 0.245 e. The van der Waals surface area contributed by atoms with Gasteiger partial charge in [-0.2, -0.15) is 0 Å². The second-order valence-electron chi connectivity index (χ2n) is 6.19. The number of carbonyl (C=O) groups is 2. The summed E-state index contributed by atoms with van der Waals surface area (Å²) in [7, 11) is 1.59. The van der Waals surface area contributed by atoms with Crippen molar-refractivity contribution in [3.8, 4) is 0 Å². The van der Waals surface area contributed by atoms with E-state index in [9.17, 15) is 9.59 Å². The van der Waals surface area contributed by atoms with E-state index in [1.54, 1.807) is 43.1 Å². The predicted molar refractivity (Wildman–Crippen MR) is 107 cm³/mol. The normalized spacial score (nSPS) is 12.0. The Kier molecular flexibility index (Phi) is 5.68. The number of rotatable bonds is 5. The van der Waals surface area contributed by atoms with Gasteiger partial charge in [-0.3, -0.25) is 9.59 Å². The van der Waals surface area contributed by atoms with Crippen molar-refractivity contribution < 1.29 is 9.59 Å². The Morgan fingerprint density at radius 1 is 1.19 bits per heavy atom. The summed E-state index contributed by atoms with van der Waals surface area (Å²) < 4.78 is 1.80.